The molecule has 9 heteroatoms. The molecule has 0 atom stereocenters. The third-order valence-electron chi connectivity index (χ3n) is 3.68. The molecule has 1 saturated heterocycles. The summed E-state index contributed by atoms with van der Waals surface area (Å²) in [6, 6.07) is 10.4. The number of nitrogens with zero attached hydrogens (tertiary/aromatic N) is 3. The van der Waals surface area contributed by atoms with Crippen molar-refractivity contribution in [3.05, 3.63) is 30.3 Å². The lowest BCUT2D eigenvalue weighted by atomic mass is 10.2. The average molecular weight is 467 g/mol. The Labute approximate surface area is 161 Å². The highest BCUT2D eigenvalue weighted by atomic mass is 127. The van der Waals surface area contributed by atoms with E-state index >= 15 is 0 Å². The molecule has 0 unspecified atom stereocenters. The molecule has 2 rings (SSSR count). The van der Waals surface area contributed by atoms with Crippen molar-refractivity contribution in [3.8, 4) is 0 Å². The van der Waals surface area contributed by atoms with Crippen LogP contribution in [-0.4, -0.2) is 71.8 Å². The molecule has 1 heterocycles. The molecule has 0 spiro atoms. The second-order valence-electron chi connectivity index (χ2n) is 5.45. The second-order valence-corrected chi connectivity index (χ2v) is 7.28. The molecule has 24 heavy (non-hydrogen) atoms. The Bertz CT molecular complexity index is 616. The van der Waals surface area contributed by atoms with Crippen LogP contribution in [0.15, 0.2) is 35.3 Å². The van der Waals surface area contributed by atoms with Gasteiger partial charge in [-0.1, -0.05) is 18.2 Å². The van der Waals surface area contributed by atoms with Crippen molar-refractivity contribution in [1.82, 2.24) is 14.9 Å². The first kappa shape index (κ1) is 21.0. The van der Waals surface area contributed by atoms with E-state index in [1.807, 2.05) is 6.07 Å². The van der Waals surface area contributed by atoms with Crippen LogP contribution in [0.2, 0.25) is 0 Å². The molecule has 2 N–H and O–H groups in total. The molecule has 0 bridgehead atoms. The second kappa shape index (κ2) is 10.0. The van der Waals surface area contributed by atoms with E-state index in [1.165, 1.54) is 5.69 Å². The molecule has 0 aromatic heterocycles. The van der Waals surface area contributed by atoms with Crippen LogP contribution < -0.4 is 14.9 Å². The monoisotopic (exact) mass is 467 g/mol. The number of benzene rings is 1. The number of para-hydroxylation sites is 1. The summed E-state index contributed by atoms with van der Waals surface area (Å²) in [5.74, 6) is 0.813. The van der Waals surface area contributed by atoms with Crippen molar-refractivity contribution >= 4 is 45.6 Å². The summed E-state index contributed by atoms with van der Waals surface area (Å²) >= 11 is 0. The lowest BCUT2D eigenvalue weighted by molar-refractivity contribution is 0.373. The molecule has 1 aliphatic rings. The molecule has 0 saturated carbocycles. The standard InChI is InChI=1S/C15H25N5O2S.HI/c1-16-15(17-8-9-18-23(2,21)22)20-12-10-19(11-13-20)14-6-4-3-5-7-14;/h3-7,18H,8-13H2,1-2H3,(H,16,17);1H. The third-order valence-corrected chi connectivity index (χ3v) is 4.41. The first-order valence-corrected chi connectivity index (χ1v) is 9.59. The normalized spacial score (nSPS) is 15.8. The number of halogens is 1. The summed E-state index contributed by atoms with van der Waals surface area (Å²) in [7, 11) is -1.40. The van der Waals surface area contributed by atoms with Crippen LogP contribution in [0.25, 0.3) is 0 Å². The maximum Gasteiger partial charge on any atom is 0.208 e. The van der Waals surface area contributed by atoms with E-state index in [4.69, 9.17) is 0 Å². The van der Waals surface area contributed by atoms with Gasteiger partial charge in [0.25, 0.3) is 0 Å². The molecule has 1 aromatic rings. The molecule has 1 fully saturated rings. The minimum absolute atomic E-state index is 0. The van der Waals surface area contributed by atoms with E-state index in [-0.39, 0.29) is 24.0 Å². The van der Waals surface area contributed by atoms with E-state index < -0.39 is 10.0 Å². The first-order chi connectivity index (χ1) is 11.0. The third kappa shape index (κ3) is 6.81. The van der Waals surface area contributed by atoms with Gasteiger partial charge in [-0.3, -0.25) is 4.99 Å². The first-order valence-electron chi connectivity index (χ1n) is 7.70. The number of guanidine groups is 1. The minimum atomic E-state index is -3.14. The number of anilines is 1. The van der Waals surface area contributed by atoms with Crippen molar-refractivity contribution in [2.45, 2.75) is 0 Å². The van der Waals surface area contributed by atoms with Gasteiger partial charge in [-0.2, -0.15) is 0 Å². The molecule has 1 aromatic carbocycles. The Morgan fingerprint density at radius 3 is 2.29 bits per heavy atom. The maximum atomic E-state index is 11.0. The topological polar surface area (TPSA) is 77.0 Å². The van der Waals surface area contributed by atoms with Gasteiger partial charge in [-0.15, -0.1) is 24.0 Å². The van der Waals surface area contributed by atoms with Gasteiger partial charge in [0.1, 0.15) is 0 Å². The Morgan fingerprint density at radius 2 is 1.75 bits per heavy atom. The SMILES string of the molecule is CN=C(NCCNS(C)(=O)=O)N1CCN(c2ccccc2)CC1.I. The molecule has 0 amide bonds. The lowest BCUT2D eigenvalue weighted by Gasteiger charge is -2.37. The Balaban J connectivity index is 0.00000288. The predicted octanol–water partition coefficient (Wildman–Crippen LogP) is 0.551. The zero-order valence-corrected chi connectivity index (χ0v) is 17.3. The summed E-state index contributed by atoms with van der Waals surface area (Å²) in [5.41, 5.74) is 1.24. The summed E-state index contributed by atoms with van der Waals surface area (Å²) < 4.78 is 24.5. The molecule has 0 radical (unpaired) electrons. The van der Waals surface area contributed by atoms with Gasteiger partial charge in [0.15, 0.2) is 5.96 Å². The molecule has 7 nitrogen and oxygen atoms in total. The van der Waals surface area contributed by atoms with Gasteiger partial charge in [-0.25, -0.2) is 13.1 Å². The van der Waals surface area contributed by atoms with Crippen molar-refractivity contribution in [2.75, 3.05) is 57.5 Å². The Morgan fingerprint density at radius 1 is 1.12 bits per heavy atom. The number of aliphatic imine (C=N–C) groups is 1. The lowest BCUT2D eigenvalue weighted by Crippen LogP contribution is -2.53. The quantitative estimate of drug-likeness (QED) is 0.287. The number of hydrogen-bond donors (Lipinski definition) is 2. The fourth-order valence-electron chi connectivity index (χ4n) is 2.56. The van der Waals surface area contributed by atoms with E-state index in [0.717, 1.165) is 38.4 Å². The fraction of sp³-hybridized carbons (Fsp3) is 0.533. The summed E-state index contributed by atoms with van der Waals surface area (Å²) in [6.45, 7) is 4.50. The largest absolute Gasteiger partial charge is 0.368 e. The van der Waals surface area contributed by atoms with Crippen LogP contribution in [0, 0.1) is 0 Å². The highest BCUT2D eigenvalue weighted by molar-refractivity contribution is 14.0. The Hall–Kier alpha value is -1.07. The Kier molecular flexibility index (Phi) is 8.78. The van der Waals surface area contributed by atoms with Gasteiger partial charge in [-0.05, 0) is 12.1 Å². The number of piperazine rings is 1. The van der Waals surface area contributed by atoms with Crippen molar-refractivity contribution in [3.63, 3.8) is 0 Å². The number of nitrogens with one attached hydrogen (secondary N) is 2. The van der Waals surface area contributed by atoms with Crippen LogP contribution in [-0.2, 0) is 10.0 Å². The minimum Gasteiger partial charge on any atom is -0.368 e. The predicted molar refractivity (Wildman–Crippen MR) is 110 cm³/mol. The van der Waals surface area contributed by atoms with Crippen LogP contribution in [0.4, 0.5) is 5.69 Å². The number of sulfonamides is 1. The summed E-state index contributed by atoms with van der Waals surface area (Å²) in [4.78, 5) is 8.83. The van der Waals surface area contributed by atoms with Gasteiger partial charge >= 0.3 is 0 Å². The van der Waals surface area contributed by atoms with Gasteiger partial charge < -0.3 is 15.1 Å². The molecular weight excluding hydrogens is 441 g/mol. The molecular formula is C15H26IN5O2S. The van der Waals surface area contributed by atoms with E-state index in [2.05, 4.69) is 49.1 Å². The van der Waals surface area contributed by atoms with Gasteiger partial charge in [0.05, 0.1) is 6.26 Å². The van der Waals surface area contributed by atoms with Crippen molar-refractivity contribution in [2.24, 2.45) is 4.99 Å². The van der Waals surface area contributed by atoms with Crippen molar-refractivity contribution in [1.29, 1.82) is 0 Å². The summed E-state index contributed by atoms with van der Waals surface area (Å²) in [6.07, 6.45) is 1.16. The average Bonchev–Trinajstić information content (AvgIpc) is 2.55. The fourth-order valence-corrected chi connectivity index (χ4v) is 3.03. The van der Waals surface area contributed by atoms with Crippen LogP contribution in [0.3, 0.4) is 0 Å². The van der Waals surface area contributed by atoms with Gasteiger partial charge in [0.2, 0.25) is 10.0 Å². The molecule has 136 valence electrons. The van der Waals surface area contributed by atoms with Crippen LogP contribution >= 0.6 is 24.0 Å². The molecule has 1 aliphatic heterocycles. The highest BCUT2D eigenvalue weighted by Gasteiger charge is 2.19. The zero-order valence-electron chi connectivity index (χ0n) is 14.1. The summed E-state index contributed by atoms with van der Waals surface area (Å²) in [5, 5.41) is 3.20. The highest BCUT2D eigenvalue weighted by Crippen LogP contribution is 2.15. The van der Waals surface area contributed by atoms with Crippen LogP contribution in [0.5, 0.6) is 0 Å². The van der Waals surface area contributed by atoms with E-state index in [9.17, 15) is 8.42 Å². The number of rotatable bonds is 5. The van der Waals surface area contributed by atoms with Crippen molar-refractivity contribution < 1.29 is 8.42 Å². The smallest absolute Gasteiger partial charge is 0.208 e. The zero-order chi connectivity index (χ0) is 16.7. The van der Waals surface area contributed by atoms with E-state index in [0.29, 0.717) is 13.1 Å². The van der Waals surface area contributed by atoms with Gasteiger partial charge in [0, 0.05) is 52.0 Å². The molecule has 0 aliphatic carbocycles. The number of hydrogen-bond acceptors (Lipinski definition) is 4. The van der Waals surface area contributed by atoms with Crippen LogP contribution in [0.1, 0.15) is 0 Å². The maximum absolute atomic E-state index is 11.0. The van der Waals surface area contributed by atoms with E-state index in [1.54, 1.807) is 7.05 Å².